The maximum atomic E-state index is 11.5. The van der Waals surface area contributed by atoms with E-state index in [-0.39, 0.29) is 11.2 Å². The molecule has 2 unspecified atom stereocenters. The molecule has 0 aliphatic heterocycles. The van der Waals surface area contributed by atoms with E-state index in [1.165, 1.54) is 0 Å². The molecule has 0 saturated carbocycles. The summed E-state index contributed by atoms with van der Waals surface area (Å²) in [7, 11) is -16.8. The van der Waals surface area contributed by atoms with Gasteiger partial charge in [0.25, 0.3) is 0 Å². The van der Waals surface area contributed by atoms with Crippen LogP contribution in [0.4, 0.5) is 5.82 Å². The number of nitrogens with zero attached hydrogens (tertiary/aromatic N) is 4. The Balaban J connectivity index is 2.17. The molecule has 2 heterocycles. The van der Waals surface area contributed by atoms with Gasteiger partial charge in [0.15, 0.2) is 5.65 Å². The van der Waals surface area contributed by atoms with Crippen LogP contribution in [0.2, 0.25) is 0 Å². The molecule has 16 nitrogen and oxygen atoms in total. The zero-order chi connectivity index (χ0) is 18.2. The summed E-state index contributed by atoms with van der Waals surface area (Å²) in [4.78, 5) is 48.4. The van der Waals surface area contributed by atoms with Crippen LogP contribution in [0.25, 0.3) is 11.2 Å². The third-order valence-corrected chi connectivity index (χ3v) is 5.67. The highest BCUT2D eigenvalue weighted by molar-refractivity contribution is 7.66. The summed E-state index contributed by atoms with van der Waals surface area (Å²) < 4.78 is 44.1. The lowest BCUT2D eigenvalue weighted by atomic mass is 10.5. The van der Waals surface area contributed by atoms with Gasteiger partial charge in [-0.05, 0) is 0 Å². The number of hydrogen-bond donors (Lipinski definition) is 6. The van der Waals surface area contributed by atoms with Gasteiger partial charge in [-0.2, -0.15) is 8.62 Å². The highest BCUT2D eigenvalue weighted by Gasteiger charge is 2.42. The molecule has 2 aromatic heterocycles. The molecule has 24 heavy (non-hydrogen) atoms. The lowest BCUT2D eigenvalue weighted by molar-refractivity contribution is 0.0235. The molecule has 2 aromatic rings. The van der Waals surface area contributed by atoms with Gasteiger partial charge in [-0.25, -0.2) is 28.6 Å². The largest absolute Gasteiger partial charge is 0.504 e. The quantitative estimate of drug-likeness (QED) is 0.257. The van der Waals surface area contributed by atoms with Crippen LogP contribution in [0.5, 0.6) is 0 Å². The number of fused-ring (bicyclic) bond motifs is 1. The Kier molecular flexibility index (Phi) is 5.20. The number of nitrogens with one attached hydrogen (secondary N) is 1. The van der Waals surface area contributed by atoms with Crippen LogP contribution in [-0.4, -0.2) is 44.7 Å². The Labute approximate surface area is 131 Å². The summed E-state index contributed by atoms with van der Waals surface area (Å²) in [5.74, 6) is -0.529. The number of imidazole rings is 1. The van der Waals surface area contributed by atoms with Crippen molar-refractivity contribution in [2.75, 3.05) is 5.23 Å². The van der Waals surface area contributed by atoms with Gasteiger partial charge in [0.05, 0.1) is 6.33 Å². The summed E-state index contributed by atoms with van der Waals surface area (Å²) in [6.45, 7) is 0. The van der Waals surface area contributed by atoms with Gasteiger partial charge in [-0.1, -0.05) is 5.23 Å². The standard InChI is InChI=1S/C5H8N5O11P3/c11-10(5-3-4(7-1-6-3)8-2-9-5)19-23(15,16)21-24(17,18)20-22(12,13)14/h1-2,11H,(H,15,16)(H,17,18)(H2,12,13,14)(H,6,7,8,9). The first-order valence-corrected chi connectivity index (χ1v) is 9.87. The molecule has 0 aliphatic rings. The molecule has 0 radical (unpaired) electrons. The van der Waals surface area contributed by atoms with Crippen molar-refractivity contribution >= 4 is 40.4 Å². The Bertz CT molecular complexity index is 878. The predicted molar refractivity (Wildman–Crippen MR) is 70.9 cm³/mol. The van der Waals surface area contributed by atoms with Crippen molar-refractivity contribution in [1.82, 2.24) is 19.9 Å². The normalized spacial score (nSPS) is 17.4. The number of anilines is 1. The maximum absolute atomic E-state index is 11.5. The average Bonchev–Trinajstić information content (AvgIpc) is 2.80. The molecule has 0 aromatic carbocycles. The minimum absolute atomic E-state index is 0.0361. The zero-order valence-corrected chi connectivity index (χ0v) is 13.7. The molecule has 6 N–H and O–H groups in total. The fourth-order valence-electron chi connectivity index (χ4n) is 1.33. The van der Waals surface area contributed by atoms with Crippen molar-refractivity contribution < 1.29 is 51.7 Å². The van der Waals surface area contributed by atoms with Gasteiger partial charge >= 0.3 is 23.5 Å². The number of rotatable bonds is 7. The van der Waals surface area contributed by atoms with Crippen LogP contribution in [0.3, 0.4) is 0 Å². The van der Waals surface area contributed by atoms with Crippen molar-refractivity contribution in [2.45, 2.75) is 0 Å². The highest BCUT2D eigenvalue weighted by Crippen LogP contribution is 2.66. The molecule has 134 valence electrons. The van der Waals surface area contributed by atoms with Gasteiger partial charge < -0.3 is 24.6 Å². The zero-order valence-electron chi connectivity index (χ0n) is 11.0. The first kappa shape index (κ1) is 19.1. The van der Waals surface area contributed by atoms with Gasteiger partial charge in [0.1, 0.15) is 11.8 Å². The van der Waals surface area contributed by atoms with Crippen LogP contribution >= 0.6 is 23.5 Å². The predicted octanol–water partition coefficient (Wildman–Crippen LogP) is -0.193. The van der Waals surface area contributed by atoms with E-state index in [2.05, 4.69) is 33.2 Å². The van der Waals surface area contributed by atoms with Gasteiger partial charge in [0.2, 0.25) is 5.82 Å². The van der Waals surface area contributed by atoms with E-state index < -0.39 is 34.5 Å². The van der Waals surface area contributed by atoms with Crippen LogP contribution in [0.15, 0.2) is 12.7 Å². The van der Waals surface area contributed by atoms with Gasteiger partial charge in [-0.15, -0.1) is 4.62 Å². The van der Waals surface area contributed by atoms with Crippen molar-refractivity contribution in [3.63, 3.8) is 0 Å². The molecular formula is C5H8N5O11P3. The van der Waals surface area contributed by atoms with Crippen LogP contribution in [0, 0.1) is 0 Å². The van der Waals surface area contributed by atoms with E-state index >= 15 is 0 Å². The van der Waals surface area contributed by atoms with Gasteiger partial charge in [-0.3, -0.25) is 5.21 Å². The Hall–Kier alpha value is -1.28. The molecule has 19 heteroatoms. The highest BCUT2D eigenvalue weighted by atomic mass is 31.3. The van der Waals surface area contributed by atoms with Crippen LogP contribution < -0.4 is 5.23 Å². The SMILES string of the molecule is O=P(O)(O)OP(=O)(O)OP(=O)(O)ON(O)c1ncnc2nc[nH]c12. The molecule has 0 amide bonds. The Morgan fingerprint density at radius 1 is 1.00 bits per heavy atom. The van der Waals surface area contributed by atoms with Crippen molar-refractivity contribution in [3.05, 3.63) is 12.7 Å². The summed E-state index contributed by atoms with van der Waals surface area (Å²) in [5, 5.41) is 9.19. The van der Waals surface area contributed by atoms with Crippen LogP contribution in [0.1, 0.15) is 0 Å². The fraction of sp³-hybridized carbons (Fsp3) is 0. The minimum Gasteiger partial charge on any atom is -0.340 e. The second-order valence-electron chi connectivity index (χ2n) is 3.74. The molecule has 2 rings (SSSR count). The topological polar surface area (TPSA) is 238 Å². The van der Waals surface area contributed by atoms with E-state index in [4.69, 9.17) is 14.7 Å². The molecule has 0 saturated heterocycles. The number of aromatic nitrogens is 4. The van der Waals surface area contributed by atoms with Crippen molar-refractivity contribution in [2.24, 2.45) is 0 Å². The Morgan fingerprint density at radius 3 is 2.29 bits per heavy atom. The molecule has 0 spiro atoms. The summed E-state index contributed by atoms with van der Waals surface area (Å²) in [6.07, 6.45) is 2.06. The van der Waals surface area contributed by atoms with E-state index in [1.807, 2.05) is 0 Å². The monoisotopic (exact) mass is 407 g/mol. The van der Waals surface area contributed by atoms with Crippen LogP contribution in [-0.2, 0) is 26.9 Å². The van der Waals surface area contributed by atoms with Crippen molar-refractivity contribution in [1.29, 1.82) is 0 Å². The summed E-state index contributed by atoms with van der Waals surface area (Å²) in [6, 6.07) is 0. The molecule has 2 atom stereocenters. The lowest BCUT2D eigenvalue weighted by Crippen LogP contribution is -2.19. The number of hydrogen-bond acceptors (Lipinski definition) is 11. The third kappa shape index (κ3) is 5.11. The second kappa shape index (κ2) is 6.55. The van der Waals surface area contributed by atoms with Gasteiger partial charge in [0, 0.05) is 0 Å². The first-order valence-electron chi connectivity index (χ1n) is 5.35. The molecule has 0 aliphatic carbocycles. The third-order valence-electron chi connectivity index (χ3n) is 1.98. The molecule has 0 fully saturated rings. The van der Waals surface area contributed by atoms with E-state index in [0.29, 0.717) is 0 Å². The summed E-state index contributed by atoms with van der Waals surface area (Å²) in [5.41, 5.74) is -0.00680. The van der Waals surface area contributed by atoms with E-state index in [9.17, 15) is 23.8 Å². The number of H-pyrrole nitrogens is 1. The molecule has 0 bridgehead atoms. The first-order chi connectivity index (χ1) is 10.9. The lowest BCUT2D eigenvalue weighted by Gasteiger charge is -2.19. The second-order valence-corrected chi connectivity index (χ2v) is 8.07. The number of phosphoric acid groups is 3. The van der Waals surface area contributed by atoms with E-state index in [0.717, 1.165) is 12.7 Å². The Morgan fingerprint density at radius 2 is 1.67 bits per heavy atom. The van der Waals surface area contributed by atoms with E-state index in [1.54, 1.807) is 0 Å². The average molecular weight is 407 g/mol. The fourth-order valence-corrected chi connectivity index (χ4v) is 4.23. The summed E-state index contributed by atoms with van der Waals surface area (Å²) >= 11 is 0. The number of aromatic amines is 1. The smallest absolute Gasteiger partial charge is 0.340 e. The minimum atomic E-state index is -5.71. The molecular weight excluding hydrogens is 399 g/mol. The maximum Gasteiger partial charge on any atom is 0.504 e. The van der Waals surface area contributed by atoms with Crippen molar-refractivity contribution in [3.8, 4) is 0 Å².